The molecular weight excluding hydrogens is 318 g/mol. The average Bonchev–Trinajstić information content (AvgIpc) is 3.22. The molecule has 1 aromatic carbocycles. The fraction of sp³-hybridized carbons (Fsp3) is 0.286. The van der Waals surface area contributed by atoms with Gasteiger partial charge in [-0.3, -0.25) is 4.79 Å². The lowest BCUT2D eigenvalue weighted by Gasteiger charge is -2.01. The van der Waals surface area contributed by atoms with Gasteiger partial charge in [0.1, 0.15) is 5.82 Å². The summed E-state index contributed by atoms with van der Waals surface area (Å²) in [4.78, 5) is 19.3. The van der Waals surface area contributed by atoms with E-state index in [1.54, 1.807) is 6.07 Å². The van der Waals surface area contributed by atoms with Crippen LogP contribution in [-0.2, 0) is 5.75 Å². The summed E-state index contributed by atoms with van der Waals surface area (Å²) in [7, 11) is 0. The van der Waals surface area contributed by atoms with Crippen LogP contribution in [0.5, 0.6) is 0 Å². The van der Waals surface area contributed by atoms with Gasteiger partial charge in [0.15, 0.2) is 4.34 Å². The number of hydrogen-bond donors (Lipinski definition) is 2. The van der Waals surface area contributed by atoms with Crippen molar-refractivity contribution in [1.82, 2.24) is 20.2 Å². The molecule has 2 aromatic heterocycles. The summed E-state index contributed by atoms with van der Waals surface area (Å²) in [6.45, 7) is 0. The van der Waals surface area contributed by atoms with E-state index in [2.05, 4.69) is 25.5 Å². The lowest BCUT2D eigenvalue weighted by Crippen LogP contribution is -2.11. The molecule has 8 heteroatoms. The van der Waals surface area contributed by atoms with Crippen LogP contribution in [0, 0.1) is 0 Å². The van der Waals surface area contributed by atoms with Crippen LogP contribution in [0.4, 0.5) is 5.13 Å². The van der Waals surface area contributed by atoms with Gasteiger partial charge in [-0.05, 0) is 25.0 Å². The summed E-state index contributed by atoms with van der Waals surface area (Å²) in [5.41, 5.74) is 0.616. The monoisotopic (exact) mass is 331 g/mol. The molecule has 1 aliphatic carbocycles. The summed E-state index contributed by atoms with van der Waals surface area (Å²) in [5.74, 6) is 1.22. The second-order valence-corrected chi connectivity index (χ2v) is 7.31. The summed E-state index contributed by atoms with van der Waals surface area (Å²) in [5, 5.41) is 13.1. The first-order valence-corrected chi connectivity index (χ1v) is 8.79. The largest absolute Gasteiger partial charge is 0.357 e. The molecule has 0 saturated heterocycles. The van der Waals surface area contributed by atoms with E-state index in [1.807, 2.05) is 18.2 Å². The van der Waals surface area contributed by atoms with E-state index < -0.39 is 0 Å². The van der Waals surface area contributed by atoms with E-state index in [0.717, 1.165) is 15.0 Å². The average molecular weight is 331 g/mol. The van der Waals surface area contributed by atoms with E-state index >= 15 is 0 Å². The van der Waals surface area contributed by atoms with Crippen molar-refractivity contribution in [2.24, 2.45) is 0 Å². The number of hydrogen-bond acceptors (Lipinski definition) is 7. The first-order chi connectivity index (χ1) is 10.8. The van der Waals surface area contributed by atoms with E-state index in [1.165, 1.54) is 35.9 Å². The third kappa shape index (κ3) is 2.97. The Bertz CT molecular complexity index is 871. The highest BCUT2D eigenvalue weighted by molar-refractivity contribution is 8.00. The maximum atomic E-state index is 12.0. The van der Waals surface area contributed by atoms with Gasteiger partial charge >= 0.3 is 0 Å². The van der Waals surface area contributed by atoms with Crippen LogP contribution in [0.25, 0.3) is 10.9 Å². The van der Waals surface area contributed by atoms with Crippen LogP contribution >= 0.6 is 23.1 Å². The molecule has 0 spiro atoms. The molecule has 0 aliphatic heterocycles. The minimum absolute atomic E-state index is 0.102. The minimum atomic E-state index is -0.102. The number of rotatable bonds is 5. The molecule has 0 amide bonds. The van der Waals surface area contributed by atoms with Crippen LogP contribution in [0.2, 0.25) is 0 Å². The van der Waals surface area contributed by atoms with Crippen LogP contribution in [-0.4, -0.2) is 26.2 Å². The van der Waals surface area contributed by atoms with Crippen molar-refractivity contribution in [2.45, 2.75) is 29.0 Å². The number of para-hydroxylation sites is 1. The number of aromatic nitrogens is 4. The topological polar surface area (TPSA) is 83.6 Å². The lowest BCUT2D eigenvalue weighted by atomic mass is 10.2. The normalized spacial score (nSPS) is 14.4. The maximum absolute atomic E-state index is 12.0. The summed E-state index contributed by atoms with van der Waals surface area (Å²) >= 11 is 3.07. The Morgan fingerprint density at radius 1 is 1.32 bits per heavy atom. The highest BCUT2D eigenvalue weighted by Crippen LogP contribution is 2.31. The zero-order chi connectivity index (χ0) is 14.9. The van der Waals surface area contributed by atoms with Crippen molar-refractivity contribution in [1.29, 1.82) is 0 Å². The molecule has 0 radical (unpaired) electrons. The second-order valence-electron chi connectivity index (χ2n) is 5.11. The summed E-state index contributed by atoms with van der Waals surface area (Å²) < 4.78 is 0.874. The Morgan fingerprint density at radius 2 is 2.18 bits per heavy atom. The highest BCUT2D eigenvalue weighted by atomic mass is 32.2. The maximum Gasteiger partial charge on any atom is 0.258 e. The van der Waals surface area contributed by atoms with Crippen molar-refractivity contribution in [3.05, 3.63) is 40.4 Å². The van der Waals surface area contributed by atoms with E-state index in [0.29, 0.717) is 23.0 Å². The Kier molecular flexibility index (Phi) is 3.55. The van der Waals surface area contributed by atoms with Gasteiger partial charge in [-0.1, -0.05) is 35.2 Å². The van der Waals surface area contributed by atoms with Crippen LogP contribution in [0.1, 0.15) is 18.7 Å². The van der Waals surface area contributed by atoms with Gasteiger partial charge < -0.3 is 10.3 Å². The highest BCUT2D eigenvalue weighted by Gasteiger charge is 2.22. The molecule has 1 aliphatic rings. The van der Waals surface area contributed by atoms with Crippen LogP contribution in [0.3, 0.4) is 0 Å². The molecule has 2 heterocycles. The van der Waals surface area contributed by atoms with Gasteiger partial charge in [0.05, 0.1) is 16.7 Å². The van der Waals surface area contributed by atoms with Gasteiger partial charge in [0.25, 0.3) is 5.56 Å². The Morgan fingerprint density at radius 3 is 3.05 bits per heavy atom. The van der Waals surface area contributed by atoms with Gasteiger partial charge in [0, 0.05) is 6.04 Å². The number of H-pyrrole nitrogens is 1. The summed E-state index contributed by atoms with van der Waals surface area (Å²) in [6.07, 6.45) is 2.43. The van der Waals surface area contributed by atoms with E-state index in [4.69, 9.17) is 0 Å². The summed E-state index contributed by atoms with van der Waals surface area (Å²) in [6, 6.07) is 7.92. The van der Waals surface area contributed by atoms with Crippen LogP contribution < -0.4 is 10.9 Å². The standard InChI is InChI=1S/C14H13N5OS2/c20-12-9-3-1-2-4-10(9)16-11(17-12)7-21-14-19-18-13(22-14)15-8-5-6-8/h1-4,8H,5-7H2,(H,15,18)(H,16,17,20). The quantitative estimate of drug-likeness (QED) is 0.699. The molecule has 6 nitrogen and oxygen atoms in total. The number of fused-ring (bicyclic) bond motifs is 1. The third-order valence-electron chi connectivity index (χ3n) is 3.31. The first-order valence-electron chi connectivity index (χ1n) is 6.99. The van der Waals surface area contributed by atoms with E-state index in [9.17, 15) is 4.79 Å². The van der Waals surface area contributed by atoms with Crippen molar-refractivity contribution < 1.29 is 0 Å². The van der Waals surface area contributed by atoms with Gasteiger partial charge in [0.2, 0.25) is 5.13 Å². The molecule has 0 bridgehead atoms. The fourth-order valence-electron chi connectivity index (χ4n) is 2.06. The first kappa shape index (κ1) is 13.7. The Balaban J connectivity index is 1.48. The second kappa shape index (κ2) is 5.69. The van der Waals surface area contributed by atoms with Crippen molar-refractivity contribution in [3.8, 4) is 0 Å². The van der Waals surface area contributed by atoms with Crippen molar-refractivity contribution in [2.75, 3.05) is 5.32 Å². The smallest absolute Gasteiger partial charge is 0.258 e. The molecular formula is C14H13N5OS2. The van der Waals surface area contributed by atoms with E-state index in [-0.39, 0.29) is 5.56 Å². The van der Waals surface area contributed by atoms with Gasteiger partial charge in [-0.15, -0.1) is 10.2 Å². The zero-order valence-electron chi connectivity index (χ0n) is 11.6. The molecule has 1 fully saturated rings. The third-order valence-corrected chi connectivity index (χ3v) is 5.30. The number of benzene rings is 1. The van der Waals surface area contributed by atoms with Crippen molar-refractivity contribution in [3.63, 3.8) is 0 Å². The number of nitrogens with zero attached hydrogens (tertiary/aromatic N) is 3. The zero-order valence-corrected chi connectivity index (χ0v) is 13.2. The number of anilines is 1. The Hall–Kier alpha value is -1.93. The molecule has 1 saturated carbocycles. The number of aromatic amines is 1. The molecule has 3 aromatic rings. The molecule has 0 unspecified atom stereocenters. The van der Waals surface area contributed by atoms with Crippen LogP contribution in [0.15, 0.2) is 33.4 Å². The molecule has 2 N–H and O–H groups in total. The molecule has 0 atom stereocenters. The predicted molar refractivity (Wildman–Crippen MR) is 88.5 cm³/mol. The number of thioether (sulfide) groups is 1. The van der Waals surface area contributed by atoms with Crippen molar-refractivity contribution >= 4 is 39.1 Å². The Labute approximate surface area is 134 Å². The molecule has 4 rings (SSSR count). The SMILES string of the molecule is O=c1[nH]c(CSc2nnc(NC3CC3)s2)nc2ccccc12. The number of nitrogens with one attached hydrogen (secondary N) is 2. The minimum Gasteiger partial charge on any atom is -0.357 e. The predicted octanol–water partition coefficient (Wildman–Crippen LogP) is 2.64. The van der Waals surface area contributed by atoms with Gasteiger partial charge in [-0.25, -0.2) is 4.98 Å². The van der Waals surface area contributed by atoms with Gasteiger partial charge in [-0.2, -0.15) is 0 Å². The molecule has 112 valence electrons. The molecule has 22 heavy (non-hydrogen) atoms. The fourth-order valence-corrected chi connectivity index (χ4v) is 3.76. The lowest BCUT2D eigenvalue weighted by molar-refractivity contribution is 0.989.